The first-order chi connectivity index (χ1) is 12.6. The molecular formula is C18H23N3O3S2. The topological polar surface area (TPSA) is 79.4 Å². The minimum Gasteiger partial charge on any atom is -0.354 e. The van der Waals surface area contributed by atoms with Gasteiger partial charge in [0, 0.05) is 18.1 Å². The van der Waals surface area contributed by atoms with E-state index in [0.29, 0.717) is 17.6 Å². The summed E-state index contributed by atoms with van der Waals surface area (Å²) >= 11 is 1.20. The summed E-state index contributed by atoms with van der Waals surface area (Å²) in [4.78, 5) is 16.7. The zero-order valence-electron chi connectivity index (χ0n) is 14.5. The van der Waals surface area contributed by atoms with Gasteiger partial charge in [0.25, 0.3) is 10.0 Å². The van der Waals surface area contributed by atoms with Crippen molar-refractivity contribution in [1.29, 1.82) is 0 Å². The van der Waals surface area contributed by atoms with Crippen LogP contribution in [-0.2, 0) is 14.8 Å². The van der Waals surface area contributed by atoms with Gasteiger partial charge >= 0.3 is 0 Å². The standard InChI is InChI=1S/C18H23N3O3S2/c22-17(20-13-15-7-3-1-4-8-15)14-21(18-19-11-12-25-18)26(23,24)16-9-5-2-6-10-16/h2,5-6,9-12,15H,1,3-4,7-8,13-14H2,(H,20,22). The Bertz CT molecular complexity index is 801. The molecule has 6 nitrogen and oxygen atoms in total. The fourth-order valence-corrected chi connectivity index (χ4v) is 5.42. The lowest BCUT2D eigenvalue weighted by Gasteiger charge is -2.24. The summed E-state index contributed by atoms with van der Waals surface area (Å²) in [5, 5.41) is 4.89. The van der Waals surface area contributed by atoms with E-state index < -0.39 is 10.0 Å². The van der Waals surface area contributed by atoms with Crippen molar-refractivity contribution in [2.45, 2.75) is 37.0 Å². The molecule has 1 aliphatic rings. The second-order valence-electron chi connectivity index (χ2n) is 6.45. The summed E-state index contributed by atoms with van der Waals surface area (Å²) in [6.45, 7) is 0.341. The lowest BCUT2D eigenvalue weighted by atomic mass is 9.89. The van der Waals surface area contributed by atoms with Crippen molar-refractivity contribution in [3.8, 4) is 0 Å². The molecule has 1 aromatic carbocycles. The Morgan fingerprint density at radius 3 is 2.58 bits per heavy atom. The monoisotopic (exact) mass is 393 g/mol. The van der Waals surface area contributed by atoms with Crippen LogP contribution in [0.2, 0.25) is 0 Å². The molecule has 1 aliphatic carbocycles. The number of carbonyl (C=O) groups excluding carboxylic acids is 1. The molecule has 26 heavy (non-hydrogen) atoms. The van der Waals surface area contributed by atoms with Crippen molar-refractivity contribution < 1.29 is 13.2 Å². The maximum absolute atomic E-state index is 13.0. The lowest BCUT2D eigenvalue weighted by Crippen LogP contribution is -2.42. The fourth-order valence-electron chi connectivity index (χ4n) is 3.15. The van der Waals surface area contributed by atoms with Crippen LogP contribution in [0.3, 0.4) is 0 Å². The average molecular weight is 394 g/mol. The maximum atomic E-state index is 13.0. The van der Waals surface area contributed by atoms with Crippen molar-refractivity contribution in [3.63, 3.8) is 0 Å². The molecule has 8 heteroatoms. The summed E-state index contributed by atoms with van der Waals surface area (Å²) in [5.74, 6) is 0.192. The van der Waals surface area contributed by atoms with Crippen LogP contribution >= 0.6 is 11.3 Å². The predicted octanol–water partition coefficient (Wildman–Crippen LogP) is 3.03. The van der Waals surface area contributed by atoms with E-state index in [-0.39, 0.29) is 17.3 Å². The van der Waals surface area contributed by atoms with E-state index in [1.54, 1.807) is 23.6 Å². The van der Waals surface area contributed by atoms with Crippen LogP contribution in [0.4, 0.5) is 5.13 Å². The SMILES string of the molecule is O=C(CN(c1nccs1)S(=O)(=O)c1ccccc1)NCC1CCCCC1. The Morgan fingerprint density at radius 2 is 1.92 bits per heavy atom. The molecule has 0 atom stereocenters. The number of hydrogen-bond acceptors (Lipinski definition) is 5. The summed E-state index contributed by atoms with van der Waals surface area (Å²) in [5.41, 5.74) is 0. The molecule has 1 heterocycles. The molecule has 1 N–H and O–H groups in total. The van der Waals surface area contributed by atoms with Crippen LogP contribution in [0, 0.1) is 5.92 Å². The van der Waals surface area contributed by atoms with E-state index in [4.69, 9.17) is 0 Å². The Labute approximate surface area is 158 Å². The number of thiazole rings is 1. The van der Waals surface area contributed by atoms with Gasteiger partial charge in [0.1, 0.15) is 6.54 Å². The summed E-state index contributed by atoms with van der Waals surface area (Å²) in [6, 6.07) is 8.13. The highest BCUT2D eigenvalue weighted by Gasteiger charge is 2.29. The van der Waals surface area contributed by atoms with Crippen LogP contribution in [0.5, 0.6) is 0 Å². The number of nitrogens with zero attached hydrogens (tertiary/aromatic N) is 2. The highest BCUT2D eigenvalue weighted by atomic mass is 32.2. The van der Waals surface area contributed by atoms with Gasteiger partial charge in [-0.15, -0.1) is 11.3 Å². The second-order valence-corrected chi connectivity index (χ2v) is 9.18. The quantitative estimate of drug-likeness (QED) is 0.784. The zero-order chi connectivity index (χ0) is 18.4. The average Bonchev–Trinajstić information content (AvgIpc) is 3.20. The Morgan fingerprint density at radius 1 is 1.19 bits per heavy atom. The lowest BCUT2D eigenvalue weighted by molar-refractivity contribution is -0.119. The minimum atomic E-state index is -3.84. The first-order valence-electron chi connectivity index (χ1n) is 8.81. The number of benzene rings is 1. The highest BCUT2D eigenvalue weighted by molar-refractivity contribution is 7.93. The highest BCUT2D eigenvalue weighted by Crippen LogP contribution is 2.25. The third kappa shape index (κ3) is 4.62. The van der Waals surface area contributed by atoms with Crippen molar-refractivity contribution in [3.05, 3.63) is 41.9 Å². The van der Waals surface area contributed by atoms with Crippen LogP contribution in [0.15, 0.2) is 46.8 Å². The van der Waals surface area contributed by atoms with Crippen molar-refractivity contribution in [2.24, 2.45) is 5.92 Å². The fraction of sp³-hybridized carbons (Fsp3) is 0.444. The number of sulfonamides is 1. The molecule has 2 aromatic rings. The van der Waals surface area contributed by atoms with E-state index in [1.165, 1.54) is 48.9 Å². The molecule has 140 valence electrons. The Hall–Kier alpha value is -1.93. The number of amides is 1. The number of hydrogen-bond donors (Lipinski definition) is 1. The van der Waals surface area contributed by atoms with Crippen LogP contribution in [0.1, 0.15) is 32.1 Å². The number of carbonyl (C=O) groups is 1. The third-order valence-corrected chi connectivity index (χ3v) is 7.22. The maximum Gasteiger partial charge on any atom is 0.266 e. The Balaban J connectivity index is 1.72. The van der Waals surface area contributed by atoms with Gasteiger partial charge < -0.3 is 5.32 Å². The molecule has 1 fully saturated rings. The summed E-state index contributed by atoms with van der Waals surface area (Å²) in [6.07, 6.45) is 7.45. The van der Waals surface area contributed by atoms with Crippen molar-refractivity contribution in [2.75, 3.05) is 17.4 Å². The predicted molar refractivity (Wildman–Crippen MR) is 103 cm³/mol. The summed E-state index contributed by atoms with van der Waals surface area (Å²) in [7, 11) is -3.84. The van der Waals surface area contributed by atoms with Gasteiger partial charge in [-0.1, -0.05) is 37.5 Å². The van der Waals surface area contributed by atoms with Gasteiger partial charge in [-0.25, -0.2) is 17.7 Å². The van der Waals surface area contributed by atoms with Crippen molar-refractivity contribution >= 4 is 32.4 Å². The third-order valence-electron chi connectivity index (χ3n) is 4.56. The molecule has 1 amide bonds. The molecule has 1 aromatic heterocycles. The molecule has 1 saturated carbocycles. The van der Waals surface area contributed by atoms with E-state index >= 15 is 0 Å². The smallest absolute Gasteiger partial charge is 0.266 e. The largest absolute Gasteiger partial charge is 0.354 e. The van der Waals surface area contributed by atoms with Crippen molar-refractivity contribution in [1.82, 2.24) is 10.3 Å². The van der Waals surface area contributed by atoms with Gasteiger partial charge in [0.05, 0.1) is 4.90 Å². The molecular weight excluding hydrogens is 370 g/mol. The number of rotatable bonds is 7. The van der Waals surface area contributed by atoms with Gasteiger partial charge in [0.2, 0.25) is 5.91 Å². The molecule has 0 bridgehead atoms. The van der Waals surface area contributed by atoms with E-state index in [0.717, 1.165) is 17.1 Å². The normalized spacial score (nSPS) is 15.5. The van der Waals surface area contributed by atoms with Gasteiger partial charge in [-0.05, 0) is 30.9 Å². The number of nitrogens with one attached hydrogen (secondary N) is 1. The van der Waals surface area contributed by atoms with Gasteiger partial charge in [-0.3, -0.25) is 4.79 Å². The van der Waals surface area contributed by atoms with Crippen LogP contribution in [0.25, 0.3) is 0 Å². The van der Waals surface area contributed by atoms with Gasteiger partial charge in [-0.2, -0.15) is 0 Å². The molecule has 0 spiro atoms. The molecule has 0 saturated heterocycles. The summed E-state index contributed by atoms with van der Waals surface area (Å²) < 4.78 is 27.1. The van der Waals surface area contributed by atoms with Gasteiger partial charge in [0.15, 0.2) is 5.13 Å². The first-order valence-corrected chi connectivity index (χ1v) is 11.1. The molecule has 0 unspecified atom stereocenters. The zero-order valence-corrected chi connectivity index (χ0v) is 16.1. The van der Waals surface area contributed by atoms with E-state index in [2.05, 4.69) is 10.3 Å². The second kappa shape index (κ2) is 8.64. The van der Waals surface area contributed by atoms with E-state index in [9.17, 15) is 13.2 Å². The first kappa shape index (κ1) is 18.8. The number of anilines is 1. The minimum absolute atomic E-state index is 0.148. The Kier molecular flexibility index (Phi) is 6.26. The molecule has 3 rings (SSSR count). The van der Waals surface area contributed by atoms with E-state index in [1.807, 2.05) is 0 Å². The van der Waals surface area contributed by atoms with Crippen LogP contribution < -0.4 is 9.62 Å². The molecule has 0 aliphatic heterocycles. The van der Waals surface area contributed by atoms with Crippen LogP contribution in [-0.4, -0.2) is 32.4 Å². The number of aromatic nitrogens is 1. The molecule has 0 radical (unpaired) electrons.